The van der Waals surface area contributed by atoms with Crippen LogP contribution in [-0.2, 0) is 7.05 Å². The first-order valence-corrected chi connectivity index (χ1v) is 3.73. The van der Waals surface area contributed by atoms with Crippen molar-refractivity contribution in [2.24, 2.45) is 17.8 Å². The van der Waals surface area contributed by atoms with Gasteiger partial charge < -0.3 is 15.2 Å². The Labute approximate surface area is 70.5 Å². The molecule has 5 nitrogen and oxygen atoms in total. The van der Waals surface area contributed by atoms with E-state index in [4.69, 9.17) is 5.73 Å². The number of hydrogen-bond acceptors (Lipinski definition) is 4. The maximum atomic E-state index is 5.86. The average Bonchev–Trinajstić information content (AvgIpc) is 2.41. The molecular formula is C7H11N5. The molecule has 1 unspecified atom stereocenters. The highest BCUT2D eigenvalue weighted by Gasteiger charge is 2.21. The summed E-state index contributed by atoms with van der Waals surface area (Å²) in [5.74, 6) is 0.848. The zero-order valence-electron chi connectivity index (χ0n) is 7.10. The van der Waals surface area contributed by atoms with Crippen molar-refractivity contribution in [3.63, 3.8) is 0 Å². The van der Waals surface area contributed by atoms with Crippen LogP contribution < -0.4 is 5.73 Å². The van der Waals surface area contributed by atoms with Crippen molar-refractivity contribution in [1.82, 2.24) is 14.5 Å². The first-order chi connectivity index (χ1) is 5.70. The molecule has 0 radical (unpaired) electrons. The largest absolute Gasteiger partial charge is 0.345 e. The molecule has 1 aromatic heterocycles. The van der Waals surface area contributed by atoms with Crippen LogP contribution in [0.3, 0.4) is 0 Å². The van der Waals surface area contributed by atoms with E-state index in [-0.39, 0.29) is 6.17 Å². The van der Waals surface area contributed by atoms with Crippen molar-refractivity contribution in [2.75, 3.05) is 7.05 Å². The summed E-state index contributed by atoms with van der Waals surface area (Å²) in [6.45, 7) is 0. The monoisotopic (exact) mass is 165 g/mol. The first kappa shape index (κ1) is 7.30. The summed E-state index contributed by atoms with van der Waals surface area (Å²) in [7, 11) is 3.78. The Balaban J connectivity index is 2.53. The third-order valence-corrected chi connectivity index (χ3v) is 2.01. The second-order valence-corrected chi connectivity index (χ2v) is 2.92. The summed E-state index contributed by atoms with van der Waals surface area (Å²) >= 11 is 0. The molecule has 0 fully saturated rings. The van der Waals surface area contributed by atoms with E-state index >= 15 is 0 Å². The van der Waals surface area contributed by atoms with Gasteiger partial charge in [-0.05, 0) is 0 Å². The molecule has 2 rings (SSSR count). The summed E-state index contributed by atoms with van der Waals surface area (Å²) in [4.78, 5) is 10.2. The maximum absolute atomic E-state index is 5.86. The van der Waals surface area contributed by atoms with E-state index in [9.17, 15) is 0 Å². The number of rotatable bonds is 0. The lowest BCUT2D eigenvalue weighted by Crippen LogP contribution is -2.32. The highest BCUT2D eigenvalue weighted by Crippen LogP contribution is 2.26. The number of aromatic nitrogens is 2. The number of nitrogens with zero attached hydrogens (tertiary/aromatic N) is 4. The van der Waals surface area contributed by atoms with E-state index in [2.05, 4.69) is 9.98 Å². The molecule has 0 bridgehead atoms. The van der Waals surface area contributed by atoms with Gasteiger partial charge in [0.05, 0.1) is 12.7 Å². The molecule has 64 valence electrons. The molecule has 1 aliphatic rings. The molecule has 2 N–H and O–H groups in total. The Morgan fingerprint density at radius 2 is 2.25 bits per heavy atom. The SMILES string of the molecule is CN1C=Nc2c(ncn2C)C1N. The van der Waals surface area contributed by atoms with Gasteiger partial charge in [0.15, 0.2) is 5.82 Å². The number of aliphatic imine (C=N–C) groups is 1. The molecule has 1 atom stereocenters. The quantitative estimate of drug-likeness (QED) is 0.588. The molecule has 0 saturated carbocycles. The number of fused-ring (bicyclic) bond motifs is 1. The van der Waals surface area contributed by atoms with E-state index in [1.54, 1.807) is 12.7 Å². The highest BCUT2D eigenvalue weighted by molar-refractivity contribution is 5.64. The number of aryl methyl sites for hydroxylation is 1. The van der Waals surface area contributed by atoms with Gasteiger partial charge in [0.2, 0.25) is 0 Å². The van der Waals surface area contributed by atoms with E-state index in [0.717, 1.165) is 11.5 Å². The smallest absolute Gasteiger partial charge is 0.160 e. The van der Waals surface area contributed by atoms with Gasteiger partial charge in [0.1, 0.15) is 11.9 Å². The lowest BCUT2D eigenvalue weighted by atomic mass is 10.3. The van der Waals surface area contributed by atoms with Crippen LogP contribution >= 0.6 is 0 Å². The van der Waals surface area contributed by atoms with Gasteiger partial charge in [-0.3, -0.25) is 0 Å². The van der Waals surface area contributed by atoms with Gasteiger partial charge in [-0.1, -0.05) is 0 Å². The zero-order valence-corrected chi connectivity index (χ0v) is 7.10. The molecule has 0 spiro atoms. The molecule has 0 aromatic carbocycles. The standard InChI is InChI=1S/C7H11N5/c1-11-4-10-7-5(6(11)8)9-3-12(7)2/h3-4,6H,8H2,1-2H3. The average molecular weight is 165 g/mol. The molecule has 12 heavy (non-hydrogen) atoms. The Hall–Kier alpha value is -1.36. The molecule has 1 aliphatic heterocycles. The van der Waals surface area contributed by atoms with Crippen molar-refractivity contribution in [3.05, 3.63) is 12.0 Å². The summed E-state index contributed by atoms with van der Waals surface area (Å²) in [5, 5.41) is 0. The van der Waals surface area contributed by atoms with Crippen molar-refractivity contribution < 1.29 is 0 Å². The first-order valence-electron chi connectivity index (χ1n) is 3.73. The fourth-order valence-electron chi connectivity index (χ4n) is 1.22. The van der Waals surface area contributed by atoms with Crippen molar-refractivity contribution in [2.45, 2.75) is 6.17 Å². The Kier molecular flexibility index (Phi) is 1.41. The third kappa shape index (κ3) is 0.831. The lowest BCUT2D eigenvalue weighted by molar-refractivity contribution is 0.383. The van der Waals surface area contributed by atoms with E-state index in [1.807, 2.05) is 23.6 Å². The molecule has 2 heterocycles. The van der Waals surface area contributed by atoms with Crippen LogP contribution in [0.5, 0.6) is 0 Å². The van der Waals surface area contributed by atoms with Crippen LogP contribution in [0.1, 0.15) is 11.9 Å². The molecular weight excluding hydrogens is 154 g/mol. The lowest BCUT2D eigenvalue weighted by Gasteiger charge is -2.24. The van der Waals surface area contributed by atoms with Gasteiger partial charge in [-0.25, -0.2) is 9.98 Å². The number of hydrogen-bond donors (Lipinski definition) is 1. The van der Waals surface area contributed by atoms with Gasteiger partial charge in [0.25, 0.3) is 0 Å². The van der Waals surface area contributed by atoms with Crippen molar-refractivity contribution in [3.8, 4) is 0 Å². The van der Waals surface area contributed by atoms with Gasteiger partial charge in [-0.15, -0.1) is 0 Å². The summed E-state index contributed by atoms with van der Waals surface area (Å²) in [5.41, 5.74) is 6.70. The van der Waals surface area contributed by atoms with Crippen LogP contribution in [0.25, 0.3) is 0 Å². The second-order valence-electron chi connectivity index (χ2n) is 2.92. The fourth-order valence-corrected chi connectivity index (χ4v) is 1.22. The van der Waals surface area contributed by atoms with Crippen LogP contribution in [-0.4, -0.2) is 27.8 Å². The minimum absolute atomic E-state index is 0.168. The molecule has 0 saturated heterocycles. The Morgan fingerprint density at radius 1 is 1.50 bits per heavy atom. The third-order valence-electron chi connectivity index (χ3n) is 2.01. The second kappa shape index (κ2) is 2.31. The van der Waals surface area contributed by atoms with E-state index in [0.29, 0.717) is 0 Å². The van der Waals surface area contributed by atoms with Crippen LogP contribution in [0.15, 0.2) is 11.3 Å². The Bertz CT molecular complexity index is 327. The van der Waals surface area contributed by atoms with Crippen LogP contribution in [0.2, 0.25) is 0 Å². The topological polar surface area (TPSA) is 59.4 Å². The Morgan fingerprint density at radius 3 is 3.00 bits per heavy atom. The zero-order chi connectivity index (χ0) is 8.72. The molecule has 0 amide bonds. The highest BCUT2D eigenvalue weighted by atomic mass is 15.3. The fraction of sp³-hybridized carbons (Fsp3) is 0.429. The minimum atomic E-state index is -0.168. The van der Waals surface area contributed by atoms with E-state index in [1.165, 1.54) is 0 Å². The normalized spacial score (nSPS) is 21.2. The number of imidazole rings is 1. The van der Waals surface area contributed by atoms with Crippen LogP contribution in [0.4, 0.5) is 5.82 Å². The van der Waals surface area contributed by atoms with E-state index < -0.39 is 0 Å². The molecule has 0 aliphatic carbocycles. The summed E-state index contributed by atoms with van der Waals surface area (Å²) in [6, 6.07) is 0. The van der Waals surface area contributed by atoms with Crippen molar-refractivity contribution >= 4 is 12.2 Å². The predicted molar refractivity (Wildman–Crippen MR) is 46.1 cm³/mol. The summed E-state index contributed by atoms with van der Waals surface area (Å²) < 4.78 is 1.86. The van der Waals surface area contributed by atoms with Gasteiger partial charge in [-0.2, -0.15) is 0 Å². The maximum Gasteiger partial charge on any atom is 0.160 e. The predicted octanol–water partition coefficient (Wildman–Crippen LogP) is -0.0174. The summed E-state index contributed by atoms with van der Waals surface area (Å²) in [6.07, 6.45) is 3.27. The minimum Gasteiger partial charge on any atom is -0.345 e. The molecule has 1 aromatic rings. The van der Waals surface area contributed by atoms with Gasteiger partial charge in [0, 0.05) is 14.1 Å². The number of nitrogens with two attached hydrogens (primary N) is 1. The van der Waals surface area contributed by atoms with Gasteiger partial charge >= 0.3 is 0 Å². The van der Waals surface area contributed by atoms with Crippen LogP contribution in [0, 0.1) is 0 Å². The molecule has 5 heteroatoms. The van der Waals surface area contributed by atoms with Crippen molar-refractivity contribution in [1.29, 1.82) is 0 Å².